The van der Waals surface area contributed by atoms with Crippen molar-refractivity contribution in [3.63, 3.8) is 0 Å². The Labute approximate surface area is 102 Å². The summed E-state index contributed by atoms with van der Waals surface area (Å²) in [5.41, 5.74) is 1.12. The van der Waals surface area contributed by atoms with Crippen LogP contribution in [0.25, 0.3) is 0 Å². The maximum atomic E-state index is 5.86. The molecule has 90 valence electrons. The smallest absolute Gasteiger partial charge is 0.0762 e. The first-order chi connectivity index (χ1) is 7.75. The van der Waals surface area contributed by atoms with Crippen LogP contribution < -0.4 is 5.32 Å². The van der Waals surface area contributed by atoms with Gasteiger partial charge in [-0.15, -0.1) is 11.6 Å². The van der Waals surface area contributed by atoms with Crippen LogP contribution in [-0.4, -0.2) is 21.7 Å². The van der Waals surface area contributed by atoms with E-state index in [1.54, 1.807) is 0 Å². The van der Waals surface area contributed by atoms with Gasteiger partial charge < -0.3 is 5.32 Å². The molecule has 16 heavy (non-hydrogen) atoms. The van der Waals surface area contributed by atoms with E-state index in [4.69, 9.17) is 11.6 Å². The third-order valence-corrected chi connectivity index (χ3v) is 3.25. The molecule has 1 unspecified atom stereocenters. The van der Waals surface area contributed by atoms with Crippen molar-refractivity contribution in [1.82, 2.24) is 15.1 Å². The molecule has 0 aromatic carbocycles. The third-order valence-electron chi connectivity index (χ3n) is 3.09. The second kappa shape index (κ2) is 5.69. The Balaban J connectivity index is 1.82. The molecule has 1 atom stereocenters. The average Bonchev–Trinajstić information content (AvgIpc) is 2.85. The van der Waals surface area contributed by atoms with Crippen LogP contribution in [0.3, 0.4) is 0 Å². The summed E-state index contributed by atoms with van der Waals surface area (Å²) in [7, 11) is 0. The molecular weight excluding hydrogens is 222 g/mol. The zero-order chi connectivity index (χ0) is 11.4. The SMILES string of the molecule is CC(Cl)CNCc1ccn(C2CCCC2)n1. The largest absolute Gasteiger partial charge is 0.310 e. The number of alkyl halides is 1. The molecular formula is C12H20ClN3. The van der Waals surface area contributed by atoms with E-state index in [9.17, 15) is 0 Å². The van der Waals surface area contributed by atoms with Gasteiger partial charge in [0.25, 0.3) is 0 Å². The van der Waals surface area contributed by atoms with Crippen LogP contribution in [0.15, 0.2) is 12.3 Å². The number of aromatic nitrogens is 2. The number of nitrogens with zero attached hydrogens (tertiary/aromatic N) is 2. The highest BCUT2D eigenvalue weighted by atomic mass is 35.5. The Hall–Kier alpha value is -0.540. The highest BCUT2D eigenvalue weighted by Gasteiger charge is 2.17. The summed E-state index contributed by atoms with van der Waals surface area (Å²) >= 11 is 5.86. The van der Waals surface area contributed by atoms with Crippen molar-refractivity contribution in [3.05, 3.63) is 18.0 Å². The molecule has 1 saturated carbocycles. The van der Waals surface area contributed by atoms with E-state index < -0.39 is 0 Å². The highest BCUT2D eigenvalue weighted by Crippen LogP contribution is 2.28. The lowest BCUT2D eigenvalue weighted by Crippen LogP contribution is -2.21. The molecule has 1 aromatic rings. The van der Waals surface area contributed by atoms with Crippen molar-refractivity contribution in [2.75, 3.05) is 6.54 Å². The van der Waals surface area contributed by atoms with Crippen LogP contribution in [0.1, 0.15) is 44.3 Å². The Morgan fingerprint density at radius 2 is 2.31 bits per heavy atom. The number of hydrogen-bond donors (Lipinski definition) is 1. The van der Waals surface area contributed by atoms with Crippen LogP contribution in [0.2, 0.25) is 0 Å². The van der Waals surface area contributed by atoms with E-state index in [-0.39, 0.29) is 5.38 Å². The van der Waals surface area contributed by atoms with Gasteiger partial charge in [-0.05, 0) is 25.8 Å². The van der Waals surface area contributed by atoms with Gasteiger partial charge in [0.2, 0.25) is 0 Å². The predicted molar refractivity (Wildman–Crippen MR) is 66.8 cm³/mol. The van der Waals surface area contributed by atoms with Gasteiger partial charge >= 0.3 is 0 Å². The Morgan fingerprint density at radius 3 is 3.00 bits per heavy atom. The first-order valence-electron chi connectivity index (χ1n) is 6.14. The van der Waals surface area contributed by atoms with E-state index in [0.29, 0.717) is 6.04 Å². The van der Waals surface area contributed by atoms with Crippen LogP contribution in [0.4, 0.5) is 0 Å². The number of rotatable bonds is 5. The molecule has 4 heteroatoms. The number of halogens is 1. The fourth-order valence-electron chi connectivity index (χ4n) is 2.24. The maximum Gasteiger partial charge on any atom is 0.0762 e. The van der Waals surface area contributed by atoms with E-state index in [0.717, 1.165) is 18.8 Å². The summed E-state index contributed by atoms with van der Waals surface area (Å²) < 4.78 is 2.13. The molecule has 0 bridgehead atoms. The maximum absolute atomic E-state index is 5.86. The topological polar surface area (TPSA) is 29.9 Å². The van der Waals surface area contributed by atoms with Crippen molar-refractivity contribution in [3.8, 4) is 0 Å². The summed E-state index contributed by atoms with van der Waals surface area (Å²) in [6.45, 7) is 3.64. The second-order valence-electron chi connectivity index (χ2n) is 4.64. The molecule has 1 heterocycles. The summed E-state index contributed by atoms with van der Waals surface area (Å²) in [5.74, 6) is 0. The van der Waals surface area contributed by atoms with Crippen LogP contribution in [0, 0.1) is 0 Å². The highest BCUT2D eigenvalue weighted by molar-refractivity contribution is 6.20. The van der Waals surface area contributed by atoms with Gasteiger partial charge in [-0.1, -0.05) is 12.8 Å². The Kier molecular flexibility index (Phi) is 4.24. The predicted octanol–water partition coefficient (Wildman–Crippen LogP) is 2.72. The normalized spacial score (nSPS) is 19.1. The minimum atomic E-state index is 0.178. The summed E-state index contributed by atoms with van der Waals surface area (Å²) in [5, 5.41) is 8.08. The van der Waals surface area contributed by atoms with Crippen molar-refractivity contribution in [1.29, 1.82) is 0 Å². The summed E-state index contributed by atoms with van der Waals surface area (Å²) in [6.07, 6.45) is 7.38. The molecule has 3 nitrogen and oxygen atoms in total. The Bertz CT molecular complexity index is 316. The molecule has 1 aromatic heterocycles. The minimum Gasteiger partial charge on any atom is -0.310 e. The van der Waals surface area contributed by atoms with Crippen molar-refractivity contribution < 1.29 is 0 Å². The average molecular weight is 242 g/mol. The first-order valence-corrected chi connectivity index (χ1v) is 6.58. The molecule has 2 rings (SSSR count). The molecule has 1 fully saturated rings. The van der Waals surface area contributed by atoms with Crippen molar-refractivity contribution in [2.24, 2.45) is 0 Å². The number of nitrogens with one attached hydrogen (secondary N) is 1. The molecule has 1 aliphatic rings. The van der Waals surface area contributed by atoms with E-state index >= 15 is 0 Å². The van der Waals surface area contributed by atoms with Gasteiger partial charge in [-0.2, -0.15) is 5.10 Å². The van der Waals surface area contributed by atoms with E-state index in [1.165, 1.54) is 25.7 Å². The fraction of sp³-hybridized carbons (Fsp3) is 0.750. The van der Waals surface area contributed by atoms with Gasteiger partial charge in [0, 0.05) is 24.7 Å². The van der Waals surface area contributed by atoms with Gasteiger partial charge in [0.15, 0.2) is 0 Å². The lowest BCUT2D eigenvalue weighted by Gasteiger charge is -2.09. The molecule has 1 N–H and O–H groups in total. The lowest BCUT2D eigenvalue weighted by atomic mass is 10.3. The van der Waals surface area contributed by atoms with E-state index in [1.807, 2.05) is 6.92 Å². The zero-order valence-electron chi connectivity index (χ0n) is 9.82. The minimum absolute atomic E-state index is 0.178. The molecule has 0 aliphatic heterocycles. The fourth-order valence-corrected chi connectivity index (χ4v) is 2.35. The first kappa shape index (κ1) is 11.9. The monoisotopic (exact) mass is 241 g/mol. The van der Waals surface area contributed by atoms with Gasteiger partial charge in [-0.25, -0.2) is 0 Å². The van der Waals surface area contributed by atoms with Crippen LogP contribution in [0.5, 0.6) is 0 Å². The molecule has 1 aliphatic carbocycles. The lowest BCUT2D eigenvalue weighted by molar-refractivity contribution is 0.461. The van der Waals surface area contributed by atoms with Gasteiger partial charge in [0.1, 0.15) is 0 Å². The van der Waals surface area contributed by atoms with Gasteiger partial charge in [0.05, 0.1) is 11.7 Å². The Morgan fingerprint density at radius 1 is 1.56 bits per heavy atom. The molecule has 0 radical (unpaired) electrons. The standard InChI is InChI=1S/C12H20ClN3/c1-10(13)8-14-9-11-6-7-16(15-11)12-4-2-3-5-12/h6-7,10,12,14H,2-5,8-9H2,1H3. The van der Waals surface area contributed by atoms with Crippen molar-refractivity contribution in [2.45, 2.75) is 50.6 Å². The number of hydrogen-bond acceptors (Lipinski definition) is 2. The third kappa shape index (κ3) is 3.22. The molecule has 0 spiro atoms. The van der Waals surface area contributed by atoms with Crippen LogP contribution in [-0.2, 0) is 6.54 Å². The van der Waals surface area contributed by atoms with Crippen molar-refractivity contribution >= 4 is 11.6 Å². The van der Waals surface area contributed by atoms with E-state index in [2.05, 4.69) is 27.4 Å². The zero-order valence-corrected chi connectivity index (χ0v) is 10.6. The van der Waals surface area contributed by atoms with Gasteiger partial charge in [-0.3, -0.25) is 4.68 Å². The summed E-state index contributed by atoms with van der Waals surface area (Å²) in [4.78, 5) is 0. The summed E-state index contributed by atoms with van der Waals surface area (Å²) in [6, 6.07) is 2.74. The molecule has 0 amide bonds. The quantitative estimate of drug-likeness (QED) is 0.804. The molecule has 0 saturated heterocycles. The second-order valence-corrected chi connectivity index (χ2v) is 5.38. The van der Waals surface area contributed by atoms with Crippen LogP contribution >= 0.6 is 11.6 Å².